The highest BCUT2D eigenvalue weighted by atomic mass is 32.1. The number of carboxylic acids is 1. The largest absolute Gasteiger partial charge is 0.491 e. The number of nitrogens with one attached hydrogen (secondary N) is 2. The molecule has 3 N–H and O–H groups in total. The van der Waals surface area contributed by atoms with E-state index in [-0.39, 0.29) is 28.9 Å². The van der Waals surface area contributed by atoms with Gasteiger partial charge in [-0.1, -0.05) is 13.8 Å². The number of amides is 2. The second kappa shape index (κ2) is 9.79. The van der Waals surface area contributed by atoms with Crippen LogP contribution in [0.3, 0.4) is 0 Å². The van der Waals surface area contributed by atoms with Crippen molar-refractivity contribution in [1.29, 1.82) is 0 Å². The first kappa shape index (κ1) is 21.3. The fraction of sp³-hybridized carbons (Fsp3) is 0.333. The van der Waals surface area contributed by atoms with Crippen LogP contribution in [-0.4, -0.2) is 34.5 Å². The Morgan fingerprint density at radius 2 is 1.96 bits per heavy atom. The number of aliphatic carboxylic acids is 1. The molecule has 2 rings (SSSR count). The van der Waals surface area contributed by atoms with E-state index in [2.05, 4.69) is 15.6 Å². The van der Waals surface area contributed by atoms with Gasteiger partial charge in [-0.2, -0.15) is 0 Å². The lowest BCUT2D eigenvalue weighted by Gasteiger charge is -2.14. The van der Waals surface area contributed by atoms with Crippen molar-refractivity contribution in [3.63, 3.8) is 0 Å². The van der Waals surface area contributed by atoms with E-state index in [1.54, 1.807) is 0 Å². The Bertz CT molecular complexity index is 869. The van der Waals surface area contributed by atoms with Gasteiger partial charge in [0, 0.05) is 11.4 Å². The number of benzene rings is 1. The zero-order chi connectivity index (χ0) is 20.7. The van der Waals surface area contributed by atoms with Gasteiger partial charge in [0.05, 0.1) is 24.4 Å². The number of rotatable bonds is 9. The summed E-state index contributed by atoms with van der Waals surface area (Å²) in [6.45, 7) is 4.21. The quantitative estimate of drug-likeness (QED) is 0.548. The van der Waals surface area contributed by atoms with Crippen molar-refractivity contribution in [2.45, 2.75) is 26.7 Å². The number of thiazole rings is 1. The van der Waals surface area contributed by atoms with Crippen LogP contribution in [0.15, 0.2) is 23.6 Å². The summed E-state index contributed by atoms with van der Waals surface area (Å²) in [5.41, 5.74) is 0.577. The number of carboxylic acid groups (broad SMARTS) is 1. The number of ether oxygens (including phenoxy) is 1. The maximum Gasteiger partial charge on any atom is 0.309 e. The predicted octanol–water partition coefficient (Wildman–Crippen LogP) is 2.91. The van der Waals surface area contributed by atoms with Gasteiger partial charge in [0.1, 0.15) is 18.0 Å². The molecule has 150 valence electrons. The van der Waals surface area contributed by atoms with Crippen LogP contribution in [0.1, 0.15) is 26.0 Å². The van der Waals surface area contributed by atoms with Crippen molar-refractivity contribution in [2.24, 2.45) is 5.92 Å². The average molecular weight is 409 g/mol. The monoisotopic (exact) mass is 409 g/mol. The van der Waals surface area contributed by atoms with E-state index in [1.807, 2.05) is 13.8 Å². The molecule has 2 amide bonds. The lowest BCUT2D eigenvalue weighted by atomic mass is 10.2. The molecule has 0 aliphatic carbocycles. The highest BCUT2D eigenvalue weighted by Gasteiger charge is 2.15. The highest BCUT2D eigenvalue weighted by Crippen LogP contribution is 2.26. The number of carbonyl (C=O) groups is 3. The molecule has 0 radical (unpaired) electrons. The molecule has 1 aromatic heterocycles. The van der Waals surface area contributed by atoms with Crippen molar-refractivity contribution < 1.29 is 28.6 Å². The molecule has 28 heavy (non-hydrogen) atoms. The van der Waals surface area contributed by atoms with Crippen LogP contribution in [0.25, 0.3) is 0 Å². The van der Waals surface area contributed by atoms with E-state index < -0.39 is 30.0 Å². The summed E-state index contributed by atoms with van der Waals surface area (Å²) >= 11 is 1.06. The average Bonchev–Trinajstić information content (AvgIpc) is 3.00. The van der Waals surface area contributed by atoms with Crippen LogP contribution >= 0.6 is 11.3 Å². The smallest absolute Gasteiger partial charge is 0.309 e. The third kappa shape index (κ3) is 6.95. The summed E-state index contributed by atoms with van der Waals surface area (Å²) in [5, 5.41) is 15.4. The van der Waals surface area contributed by atoms with Crippen molar-refractivity contribution in [2.75, 3.05) is 17.2 Å². The number of aromatic nitrogens is 1. The number of carbonyl (C=O) groups excluding carboxylic acids is 2. The van der Waals surface area contributed by atoms with E-state index in [0.29, 0.717) is 12.3 Å². The van der Waals surface area contributed by atoms with E-state index in [9.17, 15) is 18.8 Å². The van der Waals surface area contributed by atoms with Gasteiger partial charge >= 0.3 is 5.97 Å². The number of hydrogen-bond donors (Lipinski definition) is 3. The Morgan fingerprint density at radius 1 is 1.25 bits per heavy atom. The zero-order valence-electron chi connectivity index (χ0n) is 15.3. The normalized spacial score (nSPS) is 10.6. The summed E-state index contributed by atoms with van der Waals surface area (Å²) in [4.78, 5) is 38.7. The van der Waals surface area contributed by atoms with E-state index in [1.165, 1.54) is 17.5 Å². The van der Waals surface area contributed by atoms with Crippen molar-refractivity contribution >= 4 is 39.9 Å². The zero-order valence-corrected chi connectivity index (χ0v) is 16.1. The maximum absolute atomic E-state index is 13.4. The molecular weight excluding hydrogens is 389 g/mol. The van der Waals surface area contributed by atoms with Crippen molar-refractivity contribution in [3.8, 4) is 5.75 Å². The van der Waals surface area contributed by atoms with Crippen LogP contribution in [0.5, 0.6) is 5.75 Å². The molecule has 1 heterocycles. The Balaban J connectivity index is 1.93. The molecular formula is C18H20FN3O5S. The number of anilines is 2. The molecule has 0 unspecified atom stereocenters. The second-order valence-electron chi connectivity index (χ2n) is 6.33. The number of nitrogens with zero attached hydrogens (tertiary/aromatic N) is 1. The number of halogens is 1. The van der Waals surface area contributed by atoms with E-state index >= 15 is 0 Å². The molecule has 1 aromatic carbocycles. The molecule has 0 fully saturated rings. The lowest BCUT2D eigenvalue weighted by Crippen LogP contribution is -2.22. The summed E-state index contributed by atoms with van der Waals surface area (Å²) in [6.07, 6.45) is -0.745. The molecule has 0 saturated heterocycles. The molecule has 0 atom stereocenters. The topological polar surface area (TPSA) is 118 Å². The second-order valence-corrected chi connectivity index (χ2v) is 7.19. The minimum Gasteiger partial charge on any atom is -0.491 e. The van der Waals surface area contributed by atoms with Crippen molar-refractivity contribution in [3.05, 3.63) is 35.1 Å². The Morgan fingerprint density at radius 3 is 2.64 bits per heavy atom. The molecule has 0 bridgehead atoms. The minimum absolute atomic E-state index is 0.181. The van der Waals surface area contributed by atoms with Crippen LogP contribution in [0, 0.1) is 11.7 Å². The first-order chi connectivity index (χ1) is 13.2. The van der Waals surface area contributed by atoms with Gasteiger partial charge in [-0.25, -0.2) is 9.37 Å². The van der Waals surface area contributed by atoms with Gasteiger partial charge in [-0.15, -0.1) is 11.3 Å². The van der Waals surface area contributed by atoms with Gasteiger partial charge in [0.15, 0.2) is 5.13 Å². The first-order valence-electron chi connectivity index (χ1n) is 8.41. The summed E-state index contributed by atoms with van der Waals surface area (Å²) in [7, 11) is 0. The molecule has 10 heteroatoms. The molecule has 8 nitrogen and oxygen atoms in total. The maximum atomic E-state index is 13.4. The summed E-state index contributed by atoms with van der Waals surface area (Å²) in [6, 6.07) is 3.70. The van der Waals surface area contributed by atoms with Gasteiger partial charge in [0.2, 0.25) is 11.8 Å². The fourth-order valence-corrected chi connectivity index (χ4v) is 2.81. The van der Waals surface area contributed by atoms with E-state index in [0.717, 1.165) is 17.4 Å². The number of hydrogen-bond acceptors (Lipinski definition) is 6. The summed E-state index contributed by atoms with van der Waals surface area (Å²) in [5.74, 6) is -2.36. The van der Waals surface area contributed by atoms with Crippen LogP contribution in [0.4, 0.5) is 15.2 Å². The van der Waals surface area contributed by atoms with Crippen LogP contribution in [-0.2, 0) is 20.8 Å². The molecule has 0 spiro atoms. The predicted molar refractivity (Wildman–Crippen MR) is 102 cm³/mol. The Hall–Kier alpha value is -3.01. The SMILES string of the molecule is CC(C)COc1cc(F)ccc1NC(=O)CC(=O)Nc1nc(CC(=O)O)cs1. The third-order valence-electron chi connectivity index (χ3n) is 3.24. The van der Waals surface area contributed by atoms with Crippen molar-refractivity contribution in [1.82, 2.24) is 4.98 Å². The Kier molecular flexibility index (Phi) is 7.44. The van der Waals surface area contributed by atoms with Gasteiger partial charge < -0.3 is 20.5 Å². The molecule has 0 aliphatic rings. The van der Waals surface area contributed by atoms with E-state index in [4.69, 9.17) is 9.84 Å². The first-order valence-corrected chi connectivity index (χ1v) is 9.29. The van der Waals surface area contributed by atoms with Gasteiger partial charge in [0.25, 0.3) is 0 Å². The molecule has 2 aromatic rings. The lowest BCUT2D eigenvalue weighted by molar-refractivity contribution is -0.136. The minimum atomic E-state index is -1.03. The Labute approximate surface area is 164 Å². The molecule has 0 aliphatic heterocycles. The van der Waals surface area contributed by atoms with Gasteiger partial charge in [-0.3, -0.25) is 14.4 Å². The molecule has 0 saturated carbocycles. The van der Waals surface area contributed by atoms with Crippen LogP contribution in [0.2, 0.25) is 0 Å². The van der Waals surface area contributed by atoms with Gasteiger partial charge in [-0.05, 0) is 18.1 Å². The third-order valence-corrected chi connectivity index (χ3v) is 4.05. The summed E-state index contributed by atoms with van der Waals surface area (Å²) < 4.78 is 18.9. The fourth-order valence-electron chi connectivity index (χ4n) is 2.08. The van der Waals surface area contributed by atoms with Crippen LogP contribution < -0.4 is 15.4 Å². The highest BCUT2D eigenvalue weighted by molar-refractivity contribution is 7.13. The standard InChI is InChI=1S/C18H20FN3O5S/c1-10(2)8-27-14-5-11(19)3-4-13(14)21-15(23)7-16(24)22-18-20-12(9-28-18)6-17(25)26/h3-5,9-10H,6-8H2,1-2H3,(H,21,23)(H,25,26)(H,20,22,24).